The first-order valence-electron chi connectivity index (χ1n) is 11.2. The van der Waals surface area contributed by atoms with Gasteiger partial charge in [-0.15, -0.1) is 11.3 Å². The highest BCUT2D eigenvalue weighted by molar-refractivity contribution is 7.90. The molecule has 13 heteroatoms. The minimum absolute atomic E-state index is 0.140. The van der Waals surface area contributed by atoms with Crippen molar-refractivity contribution in [3.05, 3.63) is 41.9 Å². The Morgan fingerprint density at radius 2 is 1.89 bits per heavy atom. The van der Waals surface area contributed by atoms with Crippen molar-refractivity contribution in [3.8, 4) is 11.1 Å². The van der Waals surface area contributed by atoms with Crippen LogP contribution in [0.1, 0.15) is 23.1 Å². The molecule has 0 bridgehead atoms. The number of aromatic nitrogens is 3. The SMILES string of the molecule is O=C(CNC(=O)C(c1nc2ccc(-c3cncnc3)cc2s1)S(=O)(=O)N1CCOCC1)NC1CC1. The predicted molar refractivity (Wildman–Crippen MR) is 129 cm³/mol. The normalized spacial score (nSPS) is 17.7. The fraction of sp³-hybridized carbons (Fsp3) is 0.409. The van der Waals surface area contributed by atoms with Gasteiger partial charge in [0.1, 0.15) is 11.3 Å². The van der Waals surface area contributed by atoms with Crippen LogP contribution in [-0.2, 0) is 24.3 Å². The Kier molecular flexibility index (Phi) is 6.73. The van der Waals surface area contributed by atoms with Gasteiger partial charge in [0.15, 0.2) is 0 Å². The maximum Gasteiger partial charge on any atom is 0.247 e. The number of thiazole rings is 1. The van der Waals surface area contributed by atoms with Crippen LogP contribution in [0.25, 0.3) is 21.3 Å². The van der Waals surface area contributed by atoms with E-state index in [1.54, 1.807) is 18.5 Å². The number of nitrogens with zero attached hydrogens (tertiary/aromatic N) is 4. The standard InChI is InChI=1S/C22H24N6O5S2/c29-19(26-16-2-3-16)12-25-21(30)20(35(31,32)28-5-7-33-8-6-28)22-27-17-4-1-14(9-18(17)34-22)15-10-23-13-24-11-15/h1,4,9-11,13,16,20H,2-3,5-8,12H2,(H,25,30)(H,26,29). The second-order valence-electron chi connectivity index (χ2n) is 8.36. The molecular weight excluding hydrogens is 492 g/mol. The van der Waals surface area contributed by atoms with E-state index in [0.29, 0.717) is 5.52 Å². The van der Waals surface area contributed by atoms with E-state index >= 15 is 0 Å². The van der Waals surface area contributed by atoms with Crippen molar-refractivity contribution in [2.24, 2.45) is 0 Å². The molecule has 184 valence electrons. The number of rotatable bonds is 8. The van der Waals surface area contributed by atoms with Crippen molar-refractivity contribution in [1.82, 2.24) is 29.9 Å². The van der Waals surface area contributed by atoms with Crippen LogP contribution >= 0.6 is 11.3 Å². The van der Waals surface area contributed by atoms with Gasteiger partial charge >= 0.3 is 0 Å². The molecule has 2 amide bonds. The van der Waals surface area contributed by atoms with E-state index in [0.717, 1.165) is 40.0 Å². The molecule has 11 nitrogen and oxygen atoms in total. The van der Waals surface area contributed by atoms with Crippen LogP contribution in [0.15, 0.2) is 36.9 Å². The first-order chi connectivity index (χ1) is 16.9. The Balaban J connectivity index is 1.46. The van der Waals surface area contributed by atoms with Crippen LogP contribution in [0.5, 0.6) is 0 Å². The van der Waals surface area contributed by atoms with Gasteiger partial charge < -0.3 is 15.4 Å². The summed E-state index contributed by atoms with van der Waals surface area (Å²) in [5.41, 5.74) is 2.23. The van der Waals surface area contributed by atoms with E-state index in [-0.39, 0.29) is 49.8 Å². The lowest BCUT2D eigenvalue weighted by Crippen LogP contribution is -2.47. The average molecular weight is 517 g/mol. The molecule has 1 aliphatic carbocycles. The Labute approximate surface area is 206 Å². The van der Waals surface area contributed by atoms with Crippen LogP contribution in [0, 0.1) is 0 Å². The summed E-state index contributed by atoms with van der Waals surface area (Å²) >= 11 is 1.14. The van der Waals surface area contributed by atoms with Crippen molar-refractivity contribution in [1.29, 1.82) is 0 Å². The zero-order valence-electron chi connectivity index (χ0n) is 18.7. The van der Waals surface area contributed by atoms with Crippen LogP contribution in [0.4, 0.5) is 0 Å². The molecule has 1 aromatic carbocycles. The van der Waals surface area contributed by atoms with Gasteiger partial charge in [0.05, 0.1) is 30.0 Å². The van der Waals surface area contributed by atoms with Gasteiger partial charge in [0.2, 0.25) is 27.1 Å². The molecule has 2 fully saturated rings. The Bertz CT molecular complexity index is 1340. The Morgan fingerprint density at radius 1 is 1.14 bits per heavy atom. The Hall–Kier alpha value is -3.00. The third kappa shape index (κ3) is 5.32. The van der Waals surface area contributed by atoms with E-state index in [4.69, 9.17) is 4.74 Å². The Morgan fingerprint density at radius 3 is 2.60 bits per heavy atom. The second kappa shape index (κ2) is 9.93. The number of amides is 2. The van der Waals surface area contributed by atoms with Crippen LogP contribution in [-0.4, -0.2) is 78.4 Å². The van der Waals surface area contributed by atoms with Gasteiger partial charge in [-0.1, -0.05) is 6.07 Å². The largest absolute Gasteiger partial charge is 0.379 e. The molecule has 3 heterocycles. The zero-order chi connectivity index (χ0) is 24.4. The summed E-state index contributed by atoms with van der Waals surface area (Å²) in [7, 11) is -4.11. The molecule has 1 aliphatic heterocycles. The van der Waals surface area contributed by atoms with Gasteiger partial charge in [-0.3, -0.25) is 9.59 Å². The smallest absolute Gasteiger partial charge is 0.247 e. The van der Waals surface area contributed by atoms with Gasteiger partial charge in [-0.2, -0.15) is 4.31 Å². The van der Waals surface area contributed by atoms with Gasteiger partial charge in [0.25, 0.3) is 0 Å². The number of nitrogens with one attached hydrogen (secondary N) is 2. The molecule has 1 unspecified atom stereocenters. The van der Waals surface area contributed by atoms with Gasteiger partial charge in [-0.25, -0.2) is 23.4 Å². The molecule has 0 spiro atoms. The molecule has 35 heavy (non-hydrogen) atoms. The van der Waals surface area contributed by atoms with E-state index in [2.05, 4.69) is 25.6 Å². The van der Waals surface area contributed by atoms with Crippen LogP contribution in [0.3, 0.4) is 0 Å². The molecule has 2 N–H and O–H groups in total. The van der Waals surface area contributed by atoms with Crippen molar-refractivity contribution < 1.29 is 22.7 Å². The summed E-state index contributed by atoms with van der Waals surface area (Å²) in [4.78, 5) is 37.9. The second-order valence-corrected chi connectivity index (χ2v) is 11.4. The maximum atomic E-state index is 13.6. The zero-order valence-corrected chi connectivity index (χ0v) is 20.3. The lowest BCUT2D eigenvalue weighted by Gasteiger charge is -2.29. The molecule has 1 saturated carbocycles. The number of benzene rings is 1. The monoisotopic (exact) mass is 516 g/mol. The number of sulfonamides is 1. The number of carbonyl (C=O) groups is 2. The topological polar surface area (TPSA) is 143 Å². The number of carbonyl (C=O) groups excluding carboxylic acids is 2. The number of fused-ring (bicyclic) bond motifs is 1. The highest BCUT2D eigenvalue weighted by Gasteiger charge is 2.42. The number of hydrogen-bond donors (Lipinski definition) is 2. The molecule has 2 aromatic heterocycles. The maximum absolute atomic E-state index is 13.6. The fourth-order valence-electron chi connectivity index (χ4n) is 3.77. The van der Waals surface area contributed by atoms with Crippen molar-refractivity contribution in [3.63, 3.8) is 0 Å². The molecule has 1 saturated heterocycles. The summed E-state index contributed by atoms with van der Waals surface area (Å²) in [5, 5.41) is 3.86. The first kappa shape index (κ1) is 23.7. The lowest BCUT2D eigenvalue weighted by atomic mass is 10.1. The molecule has 0 radical (unpaired) electrons. The highest BCUT2D eigenvalue weighted by atomic mass is 32.2. The first-order valence-corrected chi connectivity index (χ1v) is 13.5. The van der Waals surface area contributed by atoms with E-state index in [1.807, 2.05) is 12.1 Å². The summed E-state index contributed by atoms with van der Waals surface area (Å²) in [6.45, 7) is 0.502. The summed E-state index contributed by atoms with van der Waals surface area (Å²) in [5.74, 6) is -1.12. The highest BCUT2D eigenvalue weighted by Crippen LogP contribution is 2.35. The average Bonchev–Trinajstić information content (AvgIpc) is 3.59. The minimum atomic E-state index is -4.11. The van der Waals surface area contributed by atoms with E-state index in [9.17, 15) is 18.0 Å². The number of morpholine rings is 1. The molecule has 1 atom stereocenters. The van der Waals surface area contributed by atoms with Crippen molar-refractivity contribution in [2.45, 2.75) is 24.1 Å². The number of hydrogen-bond acceptors (Lipinski definition) is 9. The third-order valence-electron chi connectivity index (χ3n) is 5.75. The van der Waals surface area contributed by atoms with Gasteiger partial charge in [0, 0.05) is 37.1 Å². The minimum Gasteiger partial charge on any atom is -0.379 e. The van der Waals surface area contributed by atoms with E-state index in [1.165, 1.54) is 10.6 Å². The summed E-state index contributed by atoms with van der Waals surface area (Å²) in [6.07, 6.45) is 6.63. The predicted octanol–water partition coefficient (Wildman–Crippen LogP) is 0.851. The molecule has 5 rings (SSSR count). The molecule has 3 aromatic rings. The van der Waals surface area contributed by atoms with Crippen LogP contribution < -0.4 is 10.6 Å². The fourth-order valence-corrected chi connectivity index (χ4v) is 6.89. The third-order valence-corrected chi connectivity index (χ3v) is 9.10. The summed E-state index contributed by atoms with van der Waals surface area (Å²) < 4.78 is 34.4. The lowest BCUT2D eigenvalue weighted by molar-refractivity contribution is -0.126. The van der Waals surface area contributed by atoms with Crippen molar-refractivity contribution in [2.75, 3.05) is 32.8 Å². The number of ether oxygens (including phenoxy) is 1. The van der Waals surface area contributed by atoms with Gasteiger partial charge in [-0.05, 0) is 30.5 Å². The molecule has 2 aliphatic rings. The quantitative estimate of drug-likeness (QED) is 0.449. The van der Waals surface area contributed by atoms with Crippen molar-refractivity contribution >= 4 is 43.4 Å². The summed E-state index contributed by atoms with van der Waals surface area (Å²) in [6, 6.07) is 5.63. The van der Waals surface area contributed by atoms with E-state index < -0.39 is 21.2 Å². The van der Waals surface area contributed by atoms with Crippen LogP contribution in [0.2, 0.25) is 0 Å². The molecular formula is C22H24N6O5S2.